The van der Waals surface area contributed by atoms with Crippen LogP contribution in [0.25, 0.3) is 0 Å². The van der Waals surface area contributed by atoms with Crippen molar-refractivity contribution < 1.29 is 9.53 Å². The zero-order valence-electron chi connectivity index (χ0n) is 7.56. The lowest BCUT2D eigenvalue weighted by Crippen LogP contribution is -2.40. The van der Waals surface area contributed by atoms with Gasteiger partial charge in [-0.05, 0) is 12.1 Å². The van der Waals surface area contributed by atoms with E-state index in [-0.39, 0.29) is 18.6 Å². The summed E-state index contributed by atoms with van der Waals surface area (Å²) in [6.45, 7) is 0.591. The third kappa shape index (κ3) is 1.82. The third-order valence-corrected chi connectivity index (χ3v) is 2.02. The summed E-state index contributed by atoms with van der Waals surface area (Å²) in [4.78, 5) is 15.1. The van der Waals surface area contributed by atoms with Gasteiger partial charge in [-0.2, -0.15) is 0 Å². The first-order valence-corrected chi connectivity index (χ1v) is 4.34. The van der Waals surface area contributed by atoms with Gasteiger partial charge in [0.2, 0.25) is 5.91 Å². The predicted octanol–water partition coefficient (Wildman–Crippen LogP) is -0.149. The quantitative estimate of drug-likeness (QED) is 0.650. The van der Waals surface area contributed by atoms with Crippen LogP contribution in [0.2, 0.25) is 0 Å². The highest BCUT2D eigenvalue weighted by molar-refractivity contribution is 5.78. The molecule has 1 amide bonds. The molecule has 2 heterocycles. The van der Waals surface area contributed by atoms with Gasteiger partial charge in [0.1, 0.15) is 6.61 Å². The van der Waals surface area contributed by atoms with Gasteiger partial charge < -0.3 is 15.8 Å². The van der Waals surface area contributed by atoms with Gasteiger partial charge in [0.25, 0.3) is 0 Å². The molecule has 0 unspecified atom stereocenters. The summed E-state index contributed by atoms with van der Waals surface area (Å²) in [6, 6.07) is 3.38. The van der Waals surface area contributed by atoms with Crippen LogP contribution < -0.4 is 11.1 Å². The van der Waals surface area contributed by atoms with Crippen molar-refractivity contribution in [1.29, 1.82) is 0 Å². The van der Waals surface area contributed by atoms with Gasteiger partial charge in [-0.25, -0.2) is 0 Å². The minimum Gasteiger partial charge on any atom is -0.397 e. The number of ether oxygens (including phenoxy) is 1. The lowest BCUT2D eigenvalue weighted by Gasteiger charge is -2.22. The van der Waals surface area contributed by atoms with Crippen LogP contribution in [0.1, 0.15) is 11.7 Å². The van der Waals surface area contributed by atoms with Crippen LogP contribution in [0.5, 0.6) is 0 Å². The van der Waals surface area contributed by atoms with Crippen LogP contribution >= 0.6 is 0 Å². The molecule has 1 atom stereocenters. The Kier molecular flexibility index (Phi) is 2.32. The highest BCUT2D eigenvalue weighted by atomic mass is 16.5. The molecule has 1 aliphatic rings. The van der Waals surface area contributed by atoms with Crippen molar-refractivity contribution in [2.24, 2.45) is 0 Å². The van der Waals surface area contributed by atoms with E-state index in [0.29, 0.717) is 12.3 Å². The first-order chi connectivity index (χ1) is 6.75. The number of rotatable bonds is 1. The number of nitrogens with one attached hydrogen (secondary N) is 1. The number of nitrogens with zero attached hydrogens (tertiary/aromatic N) is 1. The van der Waals surface area contributed by atoms with Gasteiger partial charge in [-0.1, -0.05) is 0 Å². The van der Waals surface area contributed by atoms with Crippen LogP contribution in [0, 0.1) is 0 Å². The van der Waals surface area contributed by atoms with Crippen molar-refractivity contribution in [3.8, 4) is 0 Å². The molecule has 5 nitrogen and oxygen atoms in total. The number of hydrogen-bond donors (Lipinski definition) is 2. The van der Waals surface area contributed by atoms with Crippen molar-refractivity contribution in [2.75, 3.05) is 18.9 Å². The second-order valence-corrected chi connectivity index (χ2v) is 3.15. The summed E-state index contributed by atoms with van der Waals surface area (Å²) < 4.78 is 5.10. The highest BCUT2D eigenvalue weighted by Crippen LogP contribution is 2.14. The van der Waals surface area contributed by atoms with E-state index in [2.05, 4.69) is 10.3 Å². The van der Waals surface area contributed by atoms with Crippen LogP contribution in [0.15, 0.2) is 18.3 Å². The summed E-state index contributed by atoms with van der Waals surface area (Å²) in [7, 11) is 0. The minimum absolute atomic E-state index is 0.111. The van der Waals surface area contributed by atoms with Crippen LogP contribution in [-0.4, -0.2) is 24.1 Å². The number of carbonyl (C=O) groups is 1. The monoisotopic (exact) mass is 193 g/mol. The molecule has 1 aromatic heterocycles. The van der Waals surface area contributed by atoms with Crippen molar-refractivity contribution >= 4 is 11.6 Å². The molecule has 0 radical (unpaired) electrons. The van der Waals surface area contributed by atoms with Crippen molar-refractivity contribution in [2.45, 2.75) is 6.04 Å². The Morgan fingerprint density at radius 2 is 2.43 bits per heavy atom. The van der Waals surface area contributed by atoms with Gasteiger partial charge in [0.05, 0.1) is 30.2 Å². The Hall–Kier alpha value is -1.62. The lowest BCUT2D eigenvalue weighted by atomic mass is 10.2. The molecule has 74 valence electrons. The maximum Gasteiger partial charge on any atom is 0.246 e. The maximum atomic E-state index is 11.0. The lowest BCUT2D eigenvalue weighted by molar-refractivity contribution is -0.131. The number of pyridine rings is 1. The Balaban J connectivity index is 2.14. The number of anilines is 1. The van der Waals surface area contributed by atoms with E-state index in [9.17, 15) is 4.79 Å². The van der Waals surface area contributed by atoms with Crippen molar-refractivity contribution in [3.63, 3.8) is 0 Å². The van der Waals surface area contributed by atoms with Gasteiger partial charge in [0.15, 0.2) is 0 Å². The molecule has 0 saturated carbocycles. The largest absolute Gasteiger partial charge is 0.397 e. The summed E-state index contributed by atoms with van der Waals surface area (Å²) in [5.74, 6) is -0.111. The van der Waals surface area contributed by atoms with Gasteiger partial charge >= 0.3 is 0 Å². The predicted molar refractivity (Wildman–Crippen MR) is 50.4 cm³/mol. The molecular formula is C9H11N3O2. The van der Waals surface area contributed by atoms with E-state index in [1.165, 1.54) is 0 Å². The van der Waals surface area contributed by atoms with Crippen LogP contribution in [-0.2, 0) is 9.53 Å². The summed E-state index contributed by atoms with van der Waals surface area (Å²) in [6.07, 6.45) is 1.57. The van der Waals surface area contributed by atoms with E-state index in [4.69, 9.17) is 10.5 Å². The molecule has 1 saturated heterocycles. The van der Waals surface area contributed by atoms with Gasteiger partial charge in [-0.15, -0.1) is 0 Å². The standard InChI is InChI=1S/C9H11N3O2/c10-6-1-2-7(11-3-6)8-4-14-5-9(13)12-8/h1-3,8H,4-5,10H2,(H,12,13)/t8-/m1/s1. The average molecular weight is 193 g/mol. The van der Waals surface area contributed by atoms with Gasteiger partial charge in [-0.3, -0.25) is 9.78 Å². The molecule has 2 rings (SSSR count). The number of aromatic nitrogens is 1. The molecule has 0 bridgehead atoms. The second-order valence-electron chi connectivity index (χ2n) is 3.15. The molecule has 5 heteroatoms. The fourth-order valence-electron chi connectivity index (χ4n) is 1.33. The summed E-state index contributed by atoms with van der Waals surface area (Å²) >= 11 is 0. The first kappa shape index (κ1) is 8.96. The second kappa shape index (κ2) is 3.63. The van der Waals surface area contributed by atoms with Crippen LogP contribution in [0.4, 0.5) is 5.69 Å². The number of hydrogen-bond acceptors (Lipinski definition) is 4. The van der Waals surface area contributed by atoms with Crippen molar-refractivity contribution in [1.82, 2.24) is 10.3 Å². The Morgan fingerprint density at radius 1 is 1.57 bits per heavy atom. The molecule has 3 N–H and O–H groups in total. The molecular weight excluding hydrogens is 182 g/mol. The summed E-state index contributed by atoms with van der Waals surface area (Å²) in [5.41, 5.74) is 6.88. The third-order valence-electron chi connectivity index (χ3n) is 2.02. The summed E-state index contributed by atoms with van der Waals surface area (Å²) in [5, 5.41) is 2.78. The van der Waals surface area contributed by atoms with Crippen LogP contribution in [0.3, 0.4) is 0 Å². The van der Waals surface area contributed by atoms with E-state index in [0.717, 1.165) is 5.69 Å². The van der Waals surface area contributed by atoms with Gasteiger partial charge in [0, 0.05) is 0 Å². The number of carbonyl (C=O) groups excluding carboxylic acids is 1. The number of nitrogen functional groups attached to an aromatic ring is 1. The average Bonchev–Trinajstić information content (AvgIpc) is 2.19. The number of nitrogens with two attached hydrogens (primary N) is 1. The normalized spacial score (nSPS) is 21.7. The molecule has 0 aromatic carbocycles. The first-order valence-electron chi connectivity index (χ1n) is 4.34. The SMILES string of the molecule is Nc1ccc([C@H]2COCC(=O)N2)nc1. The molecule has 14 heavy (non-hydrogen) atoms. The number of amides is 1. The minimum atomic E-state index is -0.156. The molecule has 1 fully saturated rings. The number of morpholine rings is 1. The van der Waals surface area contributed by atoms with E-state index < -0.39 is 0 Å². The van der Waals surface area contributed by atoms with Crippen molar-refractivity contribution in [3.05, 3.63) is 24.0 Å². The smallest absolute Gasteiger partial charge is 0.246 e. The fourth-order valence-corrected chi connectivity index (χ4v) is 1.33. The van der Waals surface area contributed by atoms with E-state index in [1.54, 1.807) is 18.3 Å². The fraction of sp³-hybridized carbons (Fsp3) is 0.333. The molecule has 1 aromatic rings. The molecule has 0 spiro atoms. The highest BCUT2D eigenvalue weighted by Gasteiger charge is 2.20. The Bertz CT molecular complexity index is 336. The Labute approximate surface area is 81.3 Å². The topological polar surface area (TPSA) is 77.2 Å². The maximum absolute atomic E-state index is 11.0. The molecule has 0 aliphatic carbocycles. The Morgan fingerprint density at radius 3 is 3.07 bits per heavy atom. The zero-order valence-corrected chi connectivity index (χ0v) is 7.56. The molecule has 1 aliphatic heterocycles. The zero-order chi connectivity index (χ0) is 9.97. The van der Waals surface area contributed by atoms with E-state index in [1.807, 2.05) is 0 Å². The van der Waals surface area contributed by atoms with E-state index >= 15 is 0 Å².